The highest BCUT2D eigenvalue weighted by molar-refractivity contribution is 8.18. The van der Waals surface area contributed by atoms with Crippen LogP contribution in [0.2, 0.25) is 0 Å². The Morgan fingerprint density at radius 1 is 1.10 bits per heavy atom. The summed E-state index contributed by atoms with van der Waals surface area (Å²) in [5.74, 6) is 0.518. The SMILES string of the molecule is Cc1ccc(C)c(OCCN2C(=O)S/C(=C\c3cn(C(C)C)c4ccccc34)C2=O)c1. The Morgan fingerprint density at radius 2 is 1.87 bits per heavy atom. The van der Waals surface area contributed by atoms with Crippen molar-refractivity contribution in [1.82, 2.24) is 9.47 Å². The normalized spacial score (nSPS) is 15.6. The molecule has 3 aromatic rings. The van der Waals surface area contributed by atoms with Gasteiger partial charge in [-0.1, -0.05) is 30.3 Å². The van der Waals surface area contributed by atoms with E-state index in [9.17, 15) is 9.59 Å². The molecule has 2 amide bonds. The molecule has 0 unspecified atom stereocenters. The number of benzene rings is 2. The minimum absolute atomic E-state index is 0.225. The number of amides is 2. The van der Waals surface area contributed by atoms with Crippen LogP contribution in [0.5, 0.6) is 5.75 Å². The molecule has 31 heavy (non-hydrogen) atoms. The number of hydrogen-bond acceptors (Lipinski definition) is 4. The van der Waals surface area contributed by atoms with Gasteiger partial charge in [0.25, 0.3) is 11.1 Å². The number of fused-ring (bicyclic) bond motifs is 1. The van der Waals surface area contributed by atoms with Crippen molar-refractivity contribution >= 4 is 39.9 Å². The molecule has 0 N–H and O–H groups in total. The molecule has 5 nitrogen and oxygen atoms in total. The monoisotopic (exact) mass is 434 g/mol. The minimum Gasteiger partial charge on any atom is -0.491 e. The zero-order valence-electron chi connectivity index (χ0n) is 18.2. The molecule has 0 bridgehead atoms. The van der Waals surface area contributed by atoms with Crippen molar-refractivity contribution in [3.63, 3.8) is 0 Å². The zero-order chi connectivity index (χ0) is 22.1. The maximum absolute atomic E-state index is 12.9. The lowest BCUT2D eigenvalue weighted by Gasteiger charge is -2.14. The predicted molar refractivity (Wildman–Crippen MR) is 126 cm³/mol. The lowest BCUT2D eigenvalue weighted by Crippen LogP contribution is -2.32. The first kappa shape index (κ1) is 21.2. The molecule has 0 atom stereocenters. The van der Waals surface area contributed by atoms with E-state index in [4.69, 9.17) is 4.74 Å². The van der Waals surface area contributed by atoms with E-state index in [0.717, 1.165) is 45.1 Å². The predicted octanol–water partition coefficient (Wildman–Crippen LogP) is 5.95. The van der Waals surface area contributed by atoms with Gasteiger partial charge in [-0.2, -0.15) is 0 Å². The summed E-state index contributed by atoms with van der Waals surface area (Å²) in [6.07, 6.45) is 3.88. The van der Waals surface area contributed by atoms with E-state index in [0.29, 0.717) is 10.9 Å². The number of thioether (sulfide) groups is 1. The molecule has 160 valence electrons. The van der Waals surface area contributed by atoms with Gasteiger partial charge < -0.3 is 9.30 Å². The van der Waals surface area contributed by atoms with Crippen molar-refractivity contribution in [3.05, 3.63) is 70.3 Å². The number of imide groups is 1. The Labute approximate surface area is 186 Å². The van der Waals surface area contributed by atoms with Crippen LogP contribution in [0.3, 0.4) is 0 Å². The molecule has 4 rings (SSSR count). The van der Waals surface area contributed by atoms with Gasteiger partial charge in [-0.25, -0.2) is 0 Å². The first-order chi connectivity index (χ1) is 14.8. The number of aryl methyl sites for hydroxylation is 2. The van der Waals surface area contributed by atoms with E-state index in [2.05, 4.69) is 24.5 Å². The number of aromatic nitrogens is 1. The van der Waals surface area contributed by atoms with E-state index in [1.807, 2.05) is 62.5 Å². The minimum atomic E-state index is -0.263. The van der Waals surface area contributed by atoms with Crippen LogP contribution >= 0.6 is 11.8 Å². The summed E-state index contributed by atoms with van der Waals surface area (Å²) in [5.41, 5.74) is 4.20. The maximum Gasteiger partial charge on any atom is 0.293 e. The van der Waals surface area contributed by atoms with E-state index < -0.39 is 0 Å². The largest absolute Gasteiger partial charge is 0.491 e. The molecule has 2 heterocycles. The number of para-hydroxylation sites is 1. The van der Waals surface area contributed by atoms with Gasteiger partial charge in [0.15, 0.2) is 0 Å². The fraction of sp³-hybridized carbons (Fsp3) is 0.280. The molecule has 0 radical (unpaired) electrons. The third kappa shape index (κ3) is 4.26. The van der Waals surface area contributed by atoms with Gasteiger partial charge in [-0.05, 0) is 68.8 Å². The smallest absolute Gasteiger partial charge is 0.293 e. The summed E-state index contributed by atoms with van der Waals surface area (Å²) in [6, 6.07) is 14.4. The molecule has 1 fully saturated rings. The second-order valence-electron chi connectivity index (χ2n) is 8.05. The molecule has 1 aliphatic heterocycles. The van der Waals surface area contributed by atoms with Crippen LogP contribution in [0.25, 0.3) is 17.0 Å². The fourth-order valence-electron chi connectivity index (χ4n) is 3.72. The van der Waals surface area contributed by atoms with Crippen LogP contribution in [-0.2, 0) is 4.79 Å². The Balaban J connectivity index is 1.51. The molecule has 1 aliphatic rings. The van der Waals surface area contributed by atoms with Crippen molar-refractivity contribution < 1.29 is 14.3 Å². The van der Waals surface area contributed by atoms with Gasteiger partial charge in [-0.15, -0.1) is 0 Å². The Bertz CT molecular complexity index is 1190. The van der Waals surface area contributed by atoms with Crippen LogP contribution in [0, 0.1) is 13.8 Å². The first-order valence-corrected chi connectivity index (χ1v) is 11.2. The quantitative estimate of drug-likeness (QED) is 0.450. The highest BCUT2D eigenvalue weighted by atomic mass is 32.2. The topological polar surface area (TPSA) is 51.5 Å². The molecule has 1 saturated heterocycles. The number of ether oxygens (including phenoxy) is 1. The van der Waals surface area contributed by atoms with E-state index in [-0.39, 0.29) is 24.3 Å². The average molecular weight is 435 g/mol. The lowest BCUT2D eigenvalue weighted by atomic mass is 10.1. The number of carbonyl (C=O) groups is 2. The summed E-state index contributed by atoms with van der Waals surface area (Å²) < 4.78 is 8.02. The first-order valence-electron chi connectivity index (χ1n) is 10.4. The molecule has 6 heteroatoms. The molecule has 0 saturated carbocycles. The number of rotatable bonds is 6. The number of hydrogen-bond donors (Lipinski definition) is 0. The highest BCUT2D eigenvalue weighted by Gasteiger charge is 2.35. The van der Waals surface area contributed by atoms with Gasteiger partial charge in [-0.3, -0.25) is 14.5 Å². The third-order valence-corrected chi connectivity index (χ3v) is 6.31. The van der Waals surface area contributed by atoms with Crippen LogP contribution < -0.4 is 4.74 Å². The van der Waals surface area contributed by atoms with Crippen molar-refractivity contribution in [2.24, 2.45) is 0 Å². The number of carbonyl (C=O) groups excluding carboxylic acids is 2. The second kappa shape index (κ2) is 8.63. The van der Waals surface area contributed by atoms with Gasteiger partial charge in [0.05, 0.1) is 11.4 Å². The maximum atomic E-state index is 12.9. The van der Waals surface area contributed by atoms with Gasteiger partial charge in [0.1, 0.15) is 12.4 Å². The van der Waals surface area contributed by atoms with Crippen LogP contribution in [0.15, 0.2) is 53.6 Å². The highest BCUT2D eigenvalue weighted by Crippen LogP contribution is 2.34. The van der Waals surface area contributed by atoms with Crippen molar-refractivity contribution in [2.45, 2.75) is 33.7 Å². The van der Waals surface area contributed by atoms with E-state index in [1.165, 1.54) is 4.90 Å². The van der Waals surface area contributed by atoms with Crippen molar-refractivity contribution in [1.29, 1.82) is 0 Å². The lowest BCUT2D eigenvalue weighted by molar-refractivity contribution is -0.123. The van der Waals surface area contributed by atoms with Gasteiger partial charge in [0.2, 0.25) is 0 Å². The Hall–Kier alpha value is -2.99. The van der Waals surface area contributed by atoms with Crippen LogP contribution in [0.4, 0.5) is 4.79 Å². The zero-order valence-corrected chi connectivity index (χ0v) is 19.0. The standard InChI is InChI=1S/C25H26N2O3S/c1-16(2)27-15-19(20-7-5-6-8-21(20)27)14-23-24(28)26(25(29)31-23)11-12-30-22-13-17(3)9-10-18(22)4/h5-10,13-16H,11-12H2,1-4H3/b23-14-. The molecule has 0 aliphatic carbocycles. The molecular formula is C25H26N2O3S. The molecular weight excluding hydrogens is 408 g/mol. The Morgan fingerprint density at radius 3 is 2.65 bits per heavy atom. The van der Waals surface area contributed by atoms with Crippen LogP contribution in [0.1, 0.15) is 36.6 Å². The summed E-state index contributed by atoms with van der Waals surface area (Å²) in [5, 5.41) is 0.815. The van der Waals surface area contributed by atoms with Crippen molar-refractivity contribution in [3.8, 4) is 5.75 Å². The average Bonchev–Trinajstić information content (AvgIpc) is 3.23. The van der Waals surface area contributed by atoms with Gasteiger partial charge in [0, 0.05) is 28.7 Å². The molecule has 1 aromatic heterocycles. The van der Waals surface area contributed by atoms with Crippen LogP contribution in [-0.4, -0.2) is 33.8 Å². The Kier molecular flexibility index (Phi) is 5.92. The summed E-state index contributed by atoms with van der Waals surface area (Å²) in [7, 11) is 0. The van der Waals surface area contributed by atoms with Gasteiger partial charge >= 0.3 is 0 Å². The third-order valence-electron chi connectivity index (χ3n) is 5.40. The van der Waals surface area contributed by atoms with Crippen molar-refractivity contribution in [2.75, 3.05) is 13.2 Å². The molecule has 2 aromatic carbocycles. The summed E-state index contributed by atoms with van der Waals surface area (Å²) in [6.45, 7) is 8.72. The van der Waals surface area contributed by atoms with E-state index >= 15 is 0 Å². The summed E-state index contributed by atoms with van der Waals surface area (Å²) in [4.78, 5) is 27.1. The second-order valence-corrected chi connectivity index (χ2v) is 9.05. The summed E-state index contributed by atoms with van der Waals surface area (Å²) >= 11 is 0.988. The number of nitrogens with zero attached hydrogens (tertiary/aromatic N) is 2. The molecule has 0 spiro atoms. The fourth-order valence-corrected chi connectivity index (χ4v) is 4.57. The van der Waals surface area contributed by atoms with E-state index in [1.54, 1.807) is 0 Å².